The summed E-state index contributed by atoms with van der Waals surface area (Å²) in [6.45, 7) is 0. The van der Waals surface area contributed by atoms with Crippen LogP contribution in [-0.2, 0) is 0 Å². The Labute approximate surface area is 191 Å². The lowest BCUT2D eigenvalue weighted by Gasteiger charge is -2.00. The fourth-order valence-electron chi connectivity index (χ4n) is 2.60. The highest BCUT2D eigenvalue weighted by Crippen LogP contribution is 2.28. The number of rotatable bonds is 4. The minimum atomic E-state index is -0.0392. The molecule has 4 rings (SSSR count). The molecule has 0 amide bonds. The maximum atomic E-state index is 7.85. The van der Waals surface area contributed by atoms with Gasteiger partial charge in [-0.3, -0.25) is 5.41 Å². The minimum absolute atomic E-state index is 0. The Morgan fingerprint density at radius 2 is 1.28 bits per heavy atom. The molecule has 2 heterocycles. The number of guanidine groups is 1. The predicted molar refractivity (Wildman–Crippen MR) is 130 cm³/mol. The lowest BCUT2D eigenvalue weighted by molar-refractivity contribution is 0.893. The number of benzene rings is 2. The van der Waals surface area contributed by atoms with Crippen LogP contribution in [0.3, 0.4) is 0 Å². The standard InChI is InChI=1S/C19H13Cl2N5S2.ClH/c20-13-1-3-17-15(5-13)11(9-27-17)7-23-25-19(22)26-24-8-12-10-28-18-4-2-14(21)6-16(12)18;/h1-10H,(H3,22,25,26);1H. The Hall–Kier alpha value is -2.16. The van der Waals surface area contributed by atoms with Crippen molar-refractivity contribution in [3.8, 4) is 0 Å². The van der Waals surface area contributed by atoms with Crippen molar-refractivity contribution in [2.45, 2.75) is 0 Å². The van der Waals surface area contributed by atoms with Gasteiger partial charge in [-0.1, -0.05) is 23.2 Å². The maximum Gasteiger partial charge on any atom is 0.230 e. The lowest BCUT2D eigenvalue weighted by Crippen LogP contribution is -2.29. The first kappa shape index (κ1) is 21.5. The second-order valence-corrected chi connectivity index (χ2v) is 8.47. The molecule has 0 aliphatic rings. The molecule has 148 valence electrons. The van der Waals surface area contributed by atoms with Crippen molar-refractivity contribution in [1.29, 1.82) is 5.41 Å². The van der Waals surface area contributed by atoms with Crippen LogP contribution < -0.4 is 10.9 Å². The van der Waals surface area contributed by atoms with Gasteiger partial charge in [-0.05, 0) is 36.4 Å². The third-order valence-corrected chi connectivity index (χ3v) is 6.32. The summed E-state index contributed by atoms with van der Waals surface area (Å²) in [5, 5.41) is 23.4. The molecular weight excluding hydrogens is 469 g/mol. The molecule has 3 N–H and O–H groups in total. The summed E-state index contributed by atoms with van der Waals surface area (Å²) in [6.07, 6.45) is 3.31. The van der Waals surface area contributed by atoms with Crippen molar-refractivity contribution in [3.63, 3.8) is 0 Å². The molecule has 0 bridgehead atoms. The Bertz CT molecular complexity index is 1140. The molecule has 0 fully saturated rings. The van der Waals surface area contributed by atoms with Crippen molar-refractivity contribution in [3.05, 3.63) is 68.3 Å². The summed E-state index contributed by atoms with van der Waals surface area (Å²) in [5.74, 6) is -0.0392. The Balaban J connectivity index is 0.00000240. The first-order valence-electron chi connectivity index (χ1n) is 8.10. The maximum absolute atomic E-state index is 7.85. The molecule has 0 radical (unpaired) electrons. The Kier molecular flexibility index (Phi) is 7.10. The van der Waals surface area contributed by atoms with Gasteiger partial charge in [0.25, 0.3) is 0 Å². The number of fused-ring (bicyclic) bond motifs is 2. The summed E-state index contributed by atoms with van der Waals surface area (Å²) < 4.78 is 2.26. The summed E-state index contributed by atoms with van der Waals surface area (Å²) in [4.78, 5) is 0. The molecule has 0 spiro atoms. The topological polar surface area (TPSA) is 72.6 Å². The van der Waals surface area contributed by atoms with E-state index in [9.17, 15) is 0 Å². The smallest absolute Gasteiger partial charge is 0.230 e. The van der Waals surface area contributed by atoms with Crippen LogP contribution >= 0.6 is 58.3 Å². The van der Waals surface area contributed by atoms with Crippen LogP contribution in [0.2, 0.25) is 10.0 Å². The highest BCUT2D eigenvalue weighted by atomic mass is 35.5. The molecule has 0 aliphatic heterocycles. The summed E-state index contributed by atoms with van der Waals surface area (Å²) in [5.41, 5.74) is 7.09. The zero-order chi connectivity index (χ0) is 19.5. The minimum Gasteiger partial charge on any atom is -0.266 e. The molecule has 29 heavy (non-hydrogen) atoms. The van der Waals surface area contributed by atoms with Gasteiger partial charge in [0.15, 0.2) is 0 Å². The summed E-state index contributed by atoms with van der Waals surface area (Å²) in [6, 6.07) is 11.5. The van der Waals surface area contributed by atoms with E-state index in [0.29, 0.717) is 10.0 Å². The van der Waals surface area contributed by atoms with Crippen molar-refractivity contribution >= 4 is 96.8 Å². The van der Waals surface area contributed by atoms with Gasteiger partial charge in [-0.25, -0.2) is 10.9 Å². The molecule has 2 aromatic heterocycles. The number of hydrazone groups is 2. The molecule has 0 atom stereocenters. The Morgan fingerprint density at radius 3 is 1.72 bits per heavy atom. The second-order valence-electron chi connectivity index (χ2n) is 5.78. The van der Waals surface area contributed by atoms with E-state index in [2.05, 4.69) is 21.1 Å². The van der Waals surface area contributed by atoms with E-state index < -0.39 is 0 Å². The van der Waals surface area contributed by atoms with Gasteiger partial charge in [0, 0.05) is 52.1 Å². The molecule has 10 heteroatoms. The molecule has 0 saturated carbocycles. The molecule has 5 nitrogen and oxygen atoms in total. The number of hydrogen-bond acceptors (Lipinski definition) is 5. The zero-order valence-electron chi connectivity index (χ0n) is 14.6. The average Bonchev–Trinajstić information content (AvgIpc) is 3.26. The average molecular weight is 483 g/mol. The van der Waals surface area contributed by atoms with Gasteiger partial charge >= 0.3 is 0 Å². The van der Waals surface area contributed by atoms with Gasteiger partial charge in [0.05, 0.1) is 12.4 Å². The van der Waals surface area contributed by atoms with E-state index >= 15 is 0 Å². The highest BCUT2D eigenvalue weighted by Gasteiger charge is 2.04. The monoisotopic (exact) mass is 481 g/mol. The van der Waals surface area contributed by atoms with Crippen LogP contribution in [0.4, 0.5) is 0 Å². The number of nitrogens with one attached hydrogen (secondary N) is 3. The fourth-order valence-corrected chi connectivity index (χ4v) is 4.73. The third kappa shape index (κ3) is 5.07. The van der Waals surface area contributed by atoms with Crippen molar-refractivity contribution in [1.82, 2.24) is 10.9 Å². The molecule has 0 unspecified atom stereocenters. The van der Waals surface area contributed by atoms with Gasteiger partial charge in [0.2, 0.25) is 5.96 Å². The van der Waals surface area contributed by atoms with Gasteiger partial charge in [-0.15, -0.1) is 35.1 Å². The summed E-state index contributed by atoms with van der Waals surface area (Å²) in [7, 11) is 0. The number of hydrogen-bond donors (Lipinski definition) is 3. The van der Waals surface area contributed by atoms with Crippen molar-refractivity contribution in [2.75, 3.05) is 0 Å². The number of thiophene rings is 2. The fraction of sp³-hybridized carbons (Fsp3) is 0. The van der Waals surface area contributed by atoms with Crippen LogP contribution in [0.25, 0.3) is 20.2 Å². The SMILES string of the molecule is Cl.N=C(NN=Cc1csc2ccc(Cl)cc12)NN=Cc1csc2ccc(Cl)cc12. The van der Waals surface area contributed by atoms with Crippen LogP contribution in [0, 0.1) is 5.41 Å². The van der Waals surface area contributed by atoms with E-state index in [0.717, 1.165) is 31.3 Å². The van der Waals surface area contributed by atoms with E-state index in [1.807, 2.05) is 47.2 Å². The third-order valence-electron chi connectivity index (χ3n) is 3.89. The first-order chi connectivity index (χ1) is 13.6. The highest BCUT2D eigenvalue weighted by molar-refractivity contribution is 7.17. The van der Waals surface area contributed by atoms with E-state index in [1.54, 1.807) is 35.1 Å². The zero-order valence-corrected chi connectivity index (χ0v) is 18.6. The molecule has 2 aromatic carbocycles. The largest absolute Gasteiger partial charge is 0.266 e. The van der Waals surface area contributed by atoms with Crippen LogP contribution in [0.1, 0.15) is 11.1 Å². The predicted octanol–water partition coefficient (Wildman–Crippen LogP) is 6.33. The number of nitrogens with zero attached hydrogens (tertiary/aromatic N) is 2. The van der Waals surface area contributed by atoms with Crippen molar-refractivity contribution in [2.24, 2.45) is 10.2 Å². The Morgan fingerprint density at radius 1 is 0.828 bits per heavy atom. The number of halogens is 3. The molecule has 0 aliphatic carbocycles. The van der Waals surface area contributed by atoms with Gasteiger partial charge in [0.1, 0.15) is 0 Å². The second kappa shape index (κ2) is 9.56. The van der Waals surface area contributed by atoms with E-state index in [-0.39, 0.29) is 18.4 Å². The molecule has 4 aromatic rings. The molecular formula is C19H14Cl3N5S2. The van der Waals surface area contributed by atoms with Gasteiger partial charge < -0.3 is 0 Å². The van der Waals surface area contributed by atoms with Crippen LogP contribution in [-0.4, -0.2) is 18.4 Å². The van der Waals surface area contributed by atoms with Crippen LogP contribution in [0.15, 0.2) is 57.4 Å². The van der Waals surface area contributed by atoms with E-state index in [4.69, 9.17) is 28.6 Å². The van der Waals surface area contributed by atoms with Gasteiger partial charge in [-0.2, -0.15) is 10.2 Å². The lowest BCUT2D eigenvalue weighted by atomic mass is 10.2. The normalized spacial score (nSPS) is 11.4. The molecule has 0 saturated heterocycles. The van der Waals surface area contributed by atoms with Crippen LogP contribution in [0.5, 0.6) is 0 Å². The van der Waals surface area contributed by atoms with E-state index in [1.165, 1.54) is 0 Å². The summed E-state index contributed by atoms with van der Waals surface area (Å²) >= 11 is 15.3. The quantitative estimate of drug-likeness (QED) is 0.181. The first-order valence-corrected chi connectivity index (χ1v) is 10.6. The van der Waals surface area contributed by atoms with Crippen molar-refractivity contribution < 1.29 is 0 Å².